The van der Waals surface area contributed by atoms with E-state index in [1.165, 1.54) is 36.4 Å². The van der Waals surface area contributed by atoms with E-state index in [4.69, 9.17) is 10.5 Å². The fourth-order valence-electron chi connectivity index (χ4n) is 1.77. The van der Waals surface area contributed by atoms with Gasteiger partial charge in [0.2, 0.25) is 11.8 Å². The third kappa shape index (κ3) is 7.21. The number of nitrogens with one attached hydrogen (secondary N) is 1. The highest BCUT2D eigenvalue weighted by molar-refractivity contribution is 5.88. The number of esters is 1. The molecular weight excluding hydrogens is 303 g/mol. The number of nitrogens with two attached hydrogens (primary N) is 1. The highest BCUT2D eigenvalue weighted by Crippen LogP contribution is 2.04. The zero-order valence-corrected chi connectivity index (χ0v) is 12.8. The van der Waals surface area contributed by atoms with Crippen molar-refractivity contribution in [2.75, 3.05) is 6.61 Å². The van der Waals surface area contributed by atoms with Crippen LogP contribution in [0, 0.1) is 5.82 Å². The zero-order chi connectivity index (χ0) is 17.2. The summed E-state index contributed by atoms with van der Waals surface area (Å²) in [5, 5.41) is 2.47. The summed E-state index contributed by atoms with van der Waals surface area (Å²) in [5.74, 6) is -2.07. The molecule has 0 heterocycles. The Hall–Kier alpha value is -2.70. The second-order valence-electron chi connectivity index (χ2n) is 4.72. The highest BCUT2D eigenvalue weighted by atomic mass is 19.1. The van der Waals surface area contributed by atoms with E-state index < -0.39 is 29.6 Å². The van der Waals surface area contributed by atoms with Gasteiger partial charge >= 0.3 is 5.97 Å². The average molecular weight is 322 g/mol. The van der Waals surface area contributed by atoms with Gasteiger partial charge in [-0.25, -0.2) is 9.18 Å². The molecule has 0 aliphatic rings. The predicted octanol–water partition coefficient (Wildman–Crippen LogP) is 0.848. The van der Waals surface area contributed by atoms with Gasteiger partial charge in [0.05, 0.1) is 13.0 Å². The Balaban J connectivity index is 2.54. The number of halogens is 1. The molecule has 0 saturated heterocycles. The van der Waals surface area contributed by atoms with Crippen LogP contribution in [0.3, 0.4) is 0 Å². The lowest BCUT2D eigenvalue weighted by Gasteiger charge is -2.13. The summed E-state index contributed by atoms with van der Waals surface area (Å²) in [5.41, 5.74) is 5.83. The summed E-state index contributed by atoms with van der Waals surface area (Å²) >= 11 is 0. The largest absolute Gasteiger partial charge is 0.463 e. The number of hydrogen-bond donors (Lipinski definition) is 2. The van der Waals surface area contributed by atoms with Gasteiger partial charge in [0.25, 0.3) is 0 Å². The third-order valence-electron chi connectivity index (χ3n) is 2.87. The first-order chi connectivity index (χ1) is 10.9. The van der Waals surface area contributed by atoms with Crippen LogP contribution in [0.25, 0.3) is 0 Å². The standard InChI is InChI=1S/C16H19FN2O4/c1-2-23-15(21)5-3-4-13(16(18)22)19-14(20)10-11-6-8-12(17)9-7-11/h3,5-9,13H,2,4,10H2,1H3,(H2,18,22)(H,19,20)/b5-3+/t13-/m1/s1. The molecule has 0 aliphatic carbocycles. The van der Waals surface area contributed by atoms with Crippen LogP contribution in [0.15, 0.2) is 36.4 Å². The Morgan fingerprint density at radius 1 is 1.30 bits per heavy atom. The van der Waals surface area contributed by atoms with E-state index in [1.54, 1.807) is 6.92 Å². The molecule has 7 heteroatoms. The minimum Gasteiger partial charge on any atom is -0.463 e. The van der Waals surface area contributed by atoms with Gasteiger partial charge < -0.3 is 15.8 Å². The van der Waals surface area contributed by atoms with E-state index in [1.807, 2.05) is 0 Å². The normalized spacial score (nSPS) is 11.9. The topological polar surface area (TPSA) is 98.5 Å². The predicted molar refractivity (Wildman–Crippen MR) is 81.6 cm³/mol. The number of rotatable bonds is 8. The number of carbonyl (C=O) groups is 3. The molecule has 3 N–H and O–H groups in total. The van der Waals surface area contributed by atoms with E-state index in [2.05, 4.69) is 5.32 Å². The van der Waals surface area contributed by atoms with Crippen LogP contribution in [0.5, 0.6) is 0 Å². The zero-order valence-electron chi connectivity index (χ0n) is 12.8. The van der Waals surface area contributed by atoms with E-state index >= 15 is 0 Å². The van der Waals surface area contributed by atoms with E-state index in [0.717, 1.165) is 0 Å². The molecule has 0 fully saturated rings. The van der Waals surface area contributed by atoms with Crippen molar-refractivity contribution in [3.05, 3.63) is 47.8 Å². The van der Waals surface area contributed by atoms with E-state index in [0.29, 0.717) is 5.56 Å². The molecule has 1 rings (SSSR count). The second kappa shape index (κ2) is 9.34. The molecule has 0 aromatic heterocycles. The SMILES string of the molecule is CCOC(=O)/C=C/C[C@@H](NC(=O)Cc1ccc(F)cc1)C(N)=O. The fourth-order valence-corrected chi connectivity index (χ4v) is 1.77. The van der Waals surface area contributed by atoms with Crippen molar-refractivity contribution in [3.63, 3.8) is 0 Å². The van der Waals surface area contributed by atoms with Crippen molar-refractivity contribution in [3.8, 4) is 0 Å². The van der Waals surface area contributed by atoms with E-state index in [9.17, 15) is 18.8 Å². The first-order valence-electron chi connectivity index (χ1n) is 7.08. The summed E-state index contributed by atoms with van der Waals surface area (Å²) in [4.78, 5) is 34.4. The molecule has 1 aromatic rings. The van der Waals surface area contributed by atoms with Gasteiger partial charge in [0.15, 0.2) is 0 Å². The van der Waals surface area contributed by atoms with Crippen LogP contribution in [0.2, 0.25) is 0 Å². The molecule has 0 aliphatic heterocycles. The first-order valence-corrected chi connectivity index (χ1v) is 7.08. The number of amides is 2. The molecule has 0 spiro atoms. The number of carbonyl (C=O) groups excluding carboxylic acids is 3. The fraction of sp³-hybridized carbons (Fsp3) is 0.312. The smallest absolute Gasteiger partial charge is 0.330 e. The quantitative estimate of drug-likeness (QED) is 0.547. The molecular formula is C16H19FN2O4. The number of benzene rings is 1. The lowest BCUT2D eigenvalue weighted by atomic mass is 10.1. The molecule has 0 unspecified atom stereocenters. The molecule has 23 heavy (non-hydrogen) atoms. The minimum atomic E-state index is -0.936. The number of ether oxygens (including phenoxy) is 1. The van der Waals surface area contributed by atoms with Crippen LogP contribution in [-0.4, -0.2) is 30.4 Å². The molecule has 0 saturated carbocycles. The van der Waals surface area contributed by atoms with Gasteiger partial charge in [-0.15, -0.1) is 0 Å². The molecule has 0 radical (unpaired) electrons. The van der Waals surface area contributed by atoms with Crippen molar-refractivity contribution < 1.29 is 23.5 Å². The molecule has 2 amide bonds. The Kier molecular flexibility index (Phi) is 7.45. The lowest BCUT2D eigenvalue weighted by molar-refractivity contribution is -0.137. The maximum atomic E-state index is 12.8. The summed E-state index contributed by atoms with van der Waals surface area (Å²) in [6.07, 6.45) is 2.64. The molecule has 0 bridgehead atoms. The summed E-state index contributed by atoms with van der Waals surface area (Å²) in [7, 11) is 0. The summed E-state index contributed by atoms with van der Waals surface area (Å²) in [6, 6.07) is 4.52. The Morgan fingerprint density at radius 3 is 2.52 bits per heavy atom. The Bertz CT molecular complexity index is 584. The van der Waals surface area contributed by atoms with Gasteiger partial charge in [-0.3, -0.25) is 9.59 Å². The summed E-state index contributed by atoms with van der Waals surface area (Å²) in [6.45, 7) is 1.92. The lowest BCUT2D eigenvalue weighted by Crippen LogP contribution is -2.44. The van der Waals surface area contributed by atoms with Crippen molar-refractivity contribution in [2.45, 2.75) is 25.8 Å². The molecule has 124 valence electrons. The summed E-state index contributed by atoms with van der Waals surface area (Å²) < 4.78 is 17.5. The number of hydrogen-bond acceptors (Lipinski definition) is 4. The van der Waals surface area contributed by atoms with Gasteiger partial charge in [-0.05, 0) is 31.0 Å². The van der Waals surface area contributed by atoms with Gasteiger partial charge in [0.1, 0.15) is 11.9 Å². The Labute approximate surface area is 133 Å². The van der Waals surface area contributed by atoms with Gasteiger partial charge in [-0.1, -0.05) is 18.2 Å². The van der Waals surface area contributed by atoms with Gasteiger partial charge in [0, 0.05) is 6.08 Å². The third-order valence-corrected chi connectivity index (χ3v) is 2.87. The molecule has 1 aromatic carbocycles. The van der Waals surface area contributed by atoms with Crippen molar-refractivity contribution in [1.29, 1.82) is 0 Å². The van der Waals surface area contributed by atoms with Crippen molar-refractivity contribution >= 4 is 17.8 Å². The van der Waals surface area contributed by atoms with Crippen LogP contribution in [0.4, 0.5) is 4.39 Å². The van der Waals surface area contributed by atoms with Crippen LogP contribution < -0.4 is 11.1 Å². The van der Waals surface area contributed by atoms with Crippen LogP contribution in [-0.2, 0) is 25.5 Å². The van der Waals surface area contributed by atoms with Crippen LogP contribution in [0.1, 0.15) is 18.9 Å². The minimum absolute atomic E-state index is 0.00828. The maximum absolute atomic E-state index is 12.8. The molecule has 1 atom stereocenters. The van der Waals surface area contributed by atoms with Gasteiger partial charge in [-0.2, -0.15) is 0 Å². The van der Waals surface area contributed by atoms with Crippen molar-refractivity contribution in [1.82, 2.24) is 5.32 Å². The average Bonchev–Trinajstić information content (AvgIpc) is 2.48. The highest BCUT2D eigenvalue weighted by Gasteiger charge is 2.17. The second-order valence-corrected chi connectivity index (χ2v) is 4.72. The first kappa shape index (κ1) is 18.3. The van der Waals surface area contributed by atoms with Crippen molar-refractivity contribution in [2.24, 2.45) is 5.73 Å². The monoisotopic (exact) mass is 322 g/mol. The Morgan fingerprint density at radius 2 is 1.96 bits per heavy atom. The van der Waals surface area contributed by atoms with Crippen LogP contribution >= 0.6 is 0 Å². The number of primary amides is 1. The maximum Gasteiger partial charge on any atom is 0.330 e. The molecule has 6 nitrogen and oxygen atoms in total. The van der Waals surface area contributed by atoms with E-state index in [-0.39, 0.29) is 19.4 Å².